The van der Waals surface area contributed by atoms with Gasteiger partial charge >= 0.3 is 6.03 Å². The van der Waals surface area contributed by atoms with Crippen molar-refractivity contribution < 1.29 is 14.3 Å². The third-order valence-electron chi connectivity index (χ3n) is 5.31. The van der Waals surface area contributed by atoms with Crippen molar-refractivity contribution in [3.05, 3.63) is 35.3 Å². The average Bonchev–Trinajstić information content (AvgIpc) is 3.27. The fraction of sp³-hybridized carbons (Fsp3) is 0.500. The predicted molar refractivity (Wildman–Crippen MR) is 116 cm³/mol. The van der Waals surface area contributed by atoms with Gasteiger partial charge in [0, 0.05) is 25.6 Å². The number of aromatic nitrogens is 2. The van der Waals surface area contributed by atoms with Crippen molar-refractivity contribution in [3.8, 4) is 5.75 Å². The third kappa shape index (κ3) is 5.67. The second kappa shape index (κ2) is 10.4. The number of urea groups is 1. The summed E-state index contributed by atoms with van der Waals surface area (Å²) < 4.78 is 5.22. The van der Waals surface area contributed by atoms with Crippen LogP contribution in [-0.4, -0.2) is 72.8 Å². The molecule has 1 aromatic heterocycles. The topological polar surface area (TPSA) is 99.7 Å². The summed E-state index contributed by atoms with van der Waals surface area (Å²) in [7, 11) is 5.62. The summed E-state index contributed by atoms with van der Waals surface area (Å²) in [4.78, 5) is 28.8. The van der Waals surface area contributed by atoms with E-state index in [2.05, 4.69) is 25.7 Å². The van der Waals surface area contributed by atoms with Crippen molar-refractivity contribution in [1.82, 2.24) is 25.3 Å². The highest BCUT2D eigenvalue weighted by molar-refractivity contribution is 7.13. The average molecular weight is 433 g/mol. The van der Waals surface area contributed by atoms with Crippen LogP contribution in [0, 0.1) is 5.92 Å². The maximum absolute atomic E-state index is 12.6. The summed E-state index contributed by atoms with van der Waals surface area (Å²) in [6.45, 7) is 1.60. The van der Waals surface area contributed by atoms with E-state index in [9.17, 15) is 9.59 Å². The minimum absolute atomic E-state index is 0.0510. The number of nitrogens with one attached hydrogen (secondary N) is 2. The van der Waals surface area contributed by atoms with E-state index in [1.54, 1.807) is 17.5 Å². The van der Waals surface area contributed by atoms with E-state index in [4.69, 9.17) is 4.74 Å². The van der Waals surface area contributed by atoms with Crippen LogP contribution in [0.5, 0.6) is 5.75 Å². The number of likely N-dealkylation sites (tertiary alicyclic amines) is 1. The van der Waals surface area contributed by atoms with E-state index in [0.29, 0.717) is 37.6 Å². The standard InChI is InChI=1S/C20H28N6O3S/c1-25(2)17(14-4-6-16(29-3)7-5-14)12-21-20(28)26-10-8-15(9-11-26)18(27)23-19-24-22-13-30-19/h4-7,13,15,17H,8-12H2,1-3H3,(H,21,28)(H,23,24,27). The number of benzene rings is 1. The molecule has 1 aliphatic rings. The number of nitrogens with zero attached hydrogens (tertiary/aromatic N) is 4. The molecule has 2 N–H and O–H groups in total. The Kier molecular flexibility index (Phi) is 7.58. The van der Waals surface area contributed by atoms with E-state index in [1.165, 1.54) is 11.3 Å². The first kappa shape index (κ1) is 22.0. The number of ether oxygens (including phenoxy) is 1. The summed E-state index contributed by atoms with van der Waals surface area (Å²) in [5, 5.41) is 13.9. The Morgan fingerprint density at radius 3 is 2.53 bits per heavy atom. The Balaban J connectivity index is 1.47. The number of hydrogen-bond acceptors (Lipinski definition) is 7. The lowest BCUT2D eigenvalue weighted by atomic mass is 9.96. The Morgan fingerprint density at radius 2 is 1.97 bits per heavy atom. The molecular weight excluding hydrogens is 404 g/mol. The minimum atomic E-state index is -0.119. The highest BCUT2D eigenvalue weighted by atomic mass is 32.1. The number of piperidine rings is 1. The first-order valence-electron chi connectivity index (χ1n) is 9.88. The smallest absolute Gasteiger partial charge is 0.317 e. The van der Waals surface area contributed by atoms with Gasteiger partial charge in [-0.05, 0) is 44.6 Å². The molecule has 1 unspecified atom stereocenters. The second-order valence-corrected chi connectivity index (χ2v) is 8.27. The van der Waals surface area contributed by atoms with Crippen molar-refractivity contribution >= 4 is 28.4 Å². The number of hydrogen-bond donors (Lipinski definition) is 2. The van der Waals surface area contributed by atoms with Crippen molar-refractivity contribution in [3.63, 3.8) is 0 Å². The van der Waals surface area contributed by atoms with Crippen LogP contribution < -0.4 is 15.4 Å². The molecular formula is C20H28N6O3S. The number of amides is 3. The van der Waals surface area contributed by atoms with Crippen LogP contribution in [0.1, 0.15) is 24.4 Å². The van der Waals surface area contributed by atoms with Crippen LogP contribution in [0.3, 0.4) is 0 Å². The lowest BCUT2D eigenvalue weighted by molar-refractivity contribution is -0.121. The Bertz CT molecular complexity index is 820. The lowest BCUT2D eigenvalue weighted by Gasteiger charge is -2.32. The summed E-state index contributed by atoms with van der Waals surface area (Å²) in [5.41, 5.74) is 2.68. The van der Waals surface area contributed by atoms with Gasteiger partial charge in [-0.2, -0.15) is 0 Å². The molecule has 3 rings (SSSR count). The molecule has 1 fully saturated rings. The molecule has 0 aliphatic carbocycles. The van der Waals surface area contributed by atoms with Gasteiger partial charge in [-0.15, -0.1) is 10.2 Å². The zero-order valence-electron chi connectivity index (χ0n) is 17.5. The molecule has 1 saturated heterocycles. The Labute approximate surface area is 180 Å². The molecule has 2 heterocycles. The van der Waals surface area contributed by atoms with E-state index in [0.717, 1.165) is 11.3 Å². The fourth-order valence-electron chi connectivity index (χ4n) is 3.50. The molecule has 3 amide bonds. The molecule has 0 bridgehead atoms. The lowest BCUT2D eigenvalue weighted by Crippen LogP contribution is -2.47. The summed E-state index contributed by atoms with van der Waals surface area (Å²) in [6.07, 6.45) is 1.27. The predicted octanol–water partition coefficient (Wildman–Crippen LogP) is 2.21. The van der Waals surface area contributed by atoms with E-state index in [1.807, 2.05) is 38.4 Å². The first-order chi connectivity index (χ1) is 14.5. The Morgan fingerprint density at radius 1 is 1.27 bits per heavy atom. The molecule has 162 valence electrons. The van der Waals surface area contributed by atoms with Crippen molar-refractivity contribution in [2.75, 3.05) is 46.2 Å². The molecule has 9 nitrogen and oxygen atoms in total. The summed E-state index contributed by atoms with van der Waals surface area (Å²) >= 11 is 1.29. The number of anilines is 1. The van der Waals surface area contributed by atoms with Crippen molar-refractivity contribution in [2.24, 2.45) is 5.92 Å². The Hall–Kier alpha value is -2.72. The van der Waals surface area contributed by atoms with E-state index >= 15 is 0 Å². The molecule has 1 atom stereocenters. The molecule has 0 spiro atoms. The van der Waals surface area contributed by atoms with Crippen LogP contribution in [0.4, 0.5) is 9.93 Å². The quantitative estimate of drug-likeness (QED) is 0.696. The van der Waals surface area contributed by atoms with Gasteiger partial charge in [-0.25, -0.2) is 4.79 Å². The zero-order chi connectivity index (χ0) is 21.5. The largest absolute Gasteiger partial charge is 0.497 e. The number of carbonyl (C=O) groups excluding carboxylic acids is 2. The number of rotatable bonds is 7. The molecule has 1 aliphatic heterocycles. The van der Waals surface area contributed by atoms with Crippen LogP contribution in [0.25, 0.3) is 0 Å². The second-order valence-electron chi connectivity index (χ2n) is 7.43. The fourth-order valence-corrected chi connectivity index (χ4v) is 3.95. The number of likely N-dealkylation sites (N-methyl/N-ethyl adjacent to an activating group) is 1. The molecule has 1 aromatic carbocycles. The molecule has 30 heavy (non-hydrogen) atoms. The maximum atomic E-state index is 12.6. The van der Waals surface area contributed by atoms with Gasteiger partial charge < -0.3 is 25.2 Å². The minimum Gasteiger partial charge on any atom is -0.497 e. The van der Waals surface area contributed by atoms with Crippen LogP contribution in [0.2, 0.25) is 0 Å². The zero-order valence-corrected chi connectivity index (χ0v) is 18.3. The molecule has 0 saturated carbocycles. The van der Waals surface area contributed by atoms with Gasteiger partial charge in [0.25, 0.3) is 0 Å². The monoisotopic (exact) mass is 432 g/mol. The van der Waals surface area contributed by atoms with Crippen molar-refractivity contribution in [2.45, 2.75) is 18.9 Å². The SMILES string of the molecule is COc1ccc(C(CNC(=O)N2CCC(C(=O)Nc3nncs3)CC2)N(C)C)cc1. The number of methoxy groups -OCH3 is 1. The molecule has 2 aromatic rings. The van der Waals surface area contributed by atoms with Crippen LogP contribution in [-0.2, 0) is 4.79 Å². The molecule has 10 heteroatoms. The summed E-state index contributed by atoms with van der Waals surface area (Å²) in [5.74, 6) is 0.629. The maximum Gasteiger partial charge on any atom is 0.317 e. The third-order valence-corrected chi connectivity index (χ3v) is 5.92. The first-order valence-corrected chi connectivity index (χ1v) is 10.8. The van der Waals surface area contributed by atoms with Crippen molar-refractivity contribution in [1.29, 1.82) is 0 Å². The van der Waals surface area contributed by atoms with Crippen LogP contribution >= 0.6 is 11.3 Å². The normalized spacial score (nSPS) is 15.7. The highest BCUT2D eigenvalue weighted by Crippen LogP contribution is 2.22. The van der Waals surface area contributed by atoms with Gasteiger partial charge in [0.1, 0.15) is 11.3 Å². The van der Waals surface area contributed by atoms with Crippen LogP contribution in [0.15, 0.2) is 29.8 Å². The molecule has 0 radical (unpaired) electrons. The van der Waals surface area contributed by atoms with Gasteiger partial charge in [0.05, 0.1) is 13.2 Å². The van der Waals surface area contributed by atoms with E-state index < -0.39 is 0 Å². The highest BCUT2D eigenvalue weighted by Gasteiger charge is 2.28. The van der Waals surface area contributed by atoms with Gasteiger partial charge in [0.15, 0.2) is 0 Å². The van der Waals surface area contributed by atoms with Gasteiger partial charge in [0.2, 0.25) is 11.0 Å². The van der Waals surface area contributed by atoms with Gasteiger partial charge in [-0.1, -0.05) is 23.5 Å². The van der Waals surface area contributed by atoms with E-state index in [-0.39, 0.29) is 23.9 Å². The number of carbonyl (C=O) groups is 2. The van der Waals surface area contributed by atoms with Gasteiger partial charge in [-0.3, -0.25) is 4.79 Å². The summed E-state index contributed by atoms with van der Waals surface area (Å²) in [6, 6.07) is 7.82.